The Morgan fingerprint density at radius 2 is 2.10 bits per heavy atom. The Morgan fingerprint density at radius 3 is 2.86 bits per heavy atom. The predicted octanol–water partition coefficient (Wildman–Crippen LogP) is 3.66. The van der Waals surface area contributed by atoms with Crippen molar-refractivity contribution >= 4 is 23.5 Å². The van der Waals surface area contributed by atoms with Crippen molar-refractivity contribution < 1.29 is 9.63 Å². The Labute approximate surface area is 132 Å². The lowest BCUT2D eigenvalue weighted by Crippen LogP contribution is -2.22. The molecular formula is C15H18N2O2S2. The van der Waals surface area contributed by atoms with E-state index in [1.165, 1.54) is 0 Å². The van der Waals surface area contributed by atoms with Crippen LogP contribution in [-0.4, -0.2) is 31.5 Å². The molecule has 2 aromatic rings. The number of aromatic hydroxyl groups is 1. The van der Waals surface area contributed by atoms with Crippen LogP contribution in [-0.2, 0) is 6.42 Å². The fourth-order valence-corrected chi connectivity index (χ4v) is 5.05. The van der Waals surface area contributed by atoms with Gasteiger partial charge in [0.05, 0.1) is 11.7 Å². The highest BCUT2D eigenvalue weighted by Crippen LogP contribution is 2.43. The molecule has 1 aromatic heterocycles. The summed E-state index contributed by atoms with van der Waals surface area (Å²) >= 11 is 3.88. The van der Waals surface area contributed by atoms with Crippen molar-refractivity contribution in [3.8, 4) is 5.75 Å². The lowest BCUT2D eigenvalue weighted by atomic mass is 10.1. The Morgan fingerprint density at radius 1 is 1.29 bits per heavy atom. The molecule has 6 heteroatoms. The Hall–Kier alpha value is -1.14. The third-order valence-corrected chi connectivity index (χ3v) is 7.04. The third kappa shape index (κ3) is 3.37. The Bertz CT molecular complexity index is 617. The molecule has 1 aromatic carbocycles. The highest BCUT2D eigenvalue weighted by atomic mass is 32.2. The molecule has 2 heterocycles. The number of para-hydroxylation sites is 1. The molecule has 1 saturated heterocycles. The molecule has 0 bridgehead atoms. The van der Waals surface area contributed by atoms with Gasteiger partial charge in [-0.15, -0.1) is 11.8 Å². The summed E-state index contributed by atoms with van der Waals surface area (Å²) in [6, 6.07) is 7.23. The number of benzene rings is 1. The first-order valence-corrected chi connectivity index (χ1v) is 8.99. The van der Waals surface area contributed by atoms with Crippen LogP contribution in [0.5, 0.6) is 5.75 Å². The monoisotopic (exact) mass is 322 g/mol. The number of nitrogens with zero attached hydrogens (tertiary/aromatic N) is 2. The molecule has 0 aliphatic carbocycles. The minimum atomic E-state index is 0.266. The summed E-state index contributed by atoms with van der Waals surface area (Å²) in [5.74, 6) is 2.62. The van der Waals surface area contributed by atoms with Crippen LogP contribution >= 0.6 is 23.5 Å². The van der Waals surface area contributed by atoms with Crippen LogP contribution in [0.15, 0.2) is 28.8 Å². The number of hydrogen-bond acceptors (Lipinski definition) is 6. The van der Waals surface area contributed by atoms with Gasteiger partial charge in [-0.3, -0.25) is 0 Å². The molecule has 0 spiro atoms. The zero-order chi connectivity index (χ0) is 14.8. The van der Waals surface area contributed by atoms with Gasteiger partial charge in [-0.2, -0.15) is 16.7 Å². The van der Waals surface area contributed by atoms with Gasteiger partial charge in [0.2, 0.25) is 5.89 Å². The maximum absolute atomic E-state index is 9.79. The number of hydrogen-bond donors (Lipinski definition) is 1. The lowest BCUT2D eigenvalue weighted by Gasteiger charge is -2.29. The normalized spacial score (nSPS) is 25.9. The number of thioether (sulfide) groups is 2. The highest BCUT2D eigenvalue weighted by molar-refractivity contribution is 8.07. The average Bonchev–Trinajstić information content (AvgIpc) is 2.93. The summed E-state index contributed by atoms with van der Waals surface area (Å²) in [5, 5.41) is 15.5. The first-order valence-electron chi connectivity index (χ1n) is 7.00. The van der Waals surface area contributed by atoms with E-state index in [2.05, 4.69) is 24.0 Å². The zero-order valence-electron chi connectivity index (χ0n) is 12.0. The first-order chi connectivity index (χ1) is 10.1. The smallest absolute Gasteiger partial charge is 0.231 e. The van der Waals surface area contributed by atoms with E-state index in [0.29, 0.717) is 28.1 Å². The molecule has 0 saturated carbocycles. The van der Waals surface area contributed by atoms with Crippen LogP contribution in [0.25, 0.3) is 0 Å². The van der Waals surface area contributed by atoms with E-state index in [-0.39, 0.29) is 5.75 Å². The molecule has 1 fully saturated rings. The molecular weight excluding hydrogens is 304 g/mol. The van der Waals surface area contributed by atoms with Gasteiger partial charge in [0.1, 0.15) is 5.75 Å². The van der Waals surface area contributed by atoms with E-state index < -0.39 is 0 Å². The predicted molar refractivity (Wildman–Crippen MR) is 86.9 cm³/mol. The summed E-state index contributed by atoms with van der Waals surface area (Å²) in [4.78, 5) is 4.51. The molecule has 1 N–H and O–H groups in total. The van der Waals surface area contributed by atoms with Crippen LogP contribution in [0, 0.1) is 0 Å². The van der Waals surface area contributed by atoms with Gasteiger partial charge in [0.15, 0.2) is 5.82 Å². The van der Waals surface area contributed by atoms with Crippen LogP contribution in [0.2, 0.25) is 0 Å². The molecule has 1 aliphatic rings. The fourth-order valence-electron chi connectivity index (χ4n) is 2.21. The molecule has 0 radical (unpaired) electrons. The summed E-state index contributed by atoms with van der Waals surface area (Å²) in [5.41, 5.74) is 0.806. The van der Waals surface area contributed by atoms with Gasteiger partial charge >= 0.3 is 0 Å². The van der Waals surface area contributed by atoms with E-state index in [0.717, 1.165) is 17.1 Å². The van der Waals surface area contributed by atoms with Gasteiger partial charge in [0, 0.05) is 21.8 Å². The van der Waals surface area contributed by atoms with Crippen molar-refractivity contribution in [2.24, 2.45) is 0 Å². The maximum Gasteiger partial charge on any atom is 0.231 e. The zero-order valence-corrected chi connectivity index (χ0v) is 13.7. The summed E-state index contributed by atoms with van der Waals surface area (Å²) < 4.78 is 5.34. The van der Waals surface area contributed by atoms with Crippen molar-refractivity contribution in [2.75, 3.05) is 5.75 Å². The van der Waals surface area contributed by atoms with E-state index in [1.807, 2.05) is 35.7 Å². The van der Waals surface area contributed by atoms with Crippen molar-refractivity contribution in [3.05, 3.63) is 41.5 Å². The molecule has 3 atom stereocenters. The second-order valence-corrected chi connectivity index (χ2v) is 8.22. The molecule has 3 unspecified atom stereocenters. The van der Waals surface area contributed by atoms with Gasteiger partial charge in [-0.1, -0.05) is 37.2 Å². The highest BCUT2D eigenvalue weighted by Gasteiger charge is 2.29. The molecule has 1 aliphatic heterocycles. The topological polar surface area (TPSA) is 59.2 Å². The number of phenolic OH excluding ortho intramolecular Hbond substituents is 1. The second kappa shape index (κ2) is 6.32. The largest absolute Gasteiger partial charge is 0.508 e. The molecule has 3 rings (SSSR count). The summed E-state index contributed by atoms with van der Waals surface area (Å²) in [7, 11) is 0. The lowest BCUT2D eigenvalue weighted by molar-refractivity contribution is 0.377. The van der Waals surface area contributed by atoms with Gasteiger partial charge in [0.25, 0.3) is 0 Å². The van der Waals surface area contributed by atoms with E-state index in [1.54, 1.807) is 12.1 Å². The van der Waals surface area contributed by atoms with Gasteiger partial charge in [-0.05, 0) is 6.07 Å². The SMILES string of the molecule is CC1SCC(c2noc(Cc3ccccc3O)n2)SC1C. The average molecular weight is 322 g/mol. The Balaban J connectivity index is 1.71. The molecule has 0 amide bonds. The van der Waals surface area contributed by atoms with Crippen molar-refractivity contribution in [1.82, 2.24) is 10.1 Å². The van der Waals surface area contributed by atoms with Crippen LogP contribution in [0.1, 0.15) is 36.4 Å². The first kappa shape index (κ1) is 14.8. The van der Waals surface area contributed by atoms with E-state index >= 15 is 0 Å². The third-order valence-electron chi connectivity index (χ3n) is 3.66. The minimum absolute atomic E-state index is 0.266. The standard InChI is InChI=1S/C15H18N2O2S2/c1-9-10(2)21-13(8-20-9)15-16-14(19-17-15)7-11-5-3-4-6-12(11)18/h3-6,9-10,13,18H,7-8H2,1-2H3. The summed E-state index contributed by atoms with van der Waals surface area (Å²) in [6.07, 6.45) is 0.468. The second-order valence-electron chi connectivity index (χ2n) is 5.22. The van der Waals surface area contributed by atoms with Gasteiger partial charge in [-0.25, -0.2) is 0 Å². The molecule has 112 valence electrons. The summed E-state index contributed by atoms with van der Waals surface area (Å²) in [6.45, 7) is 4.51. The number of aromatic nitrogens is 2. The van der Waals surface area contributed by atoms with Crippen LogP contribution in [0.3, 0.4) is 0 Å². The van der Waals surface area contributed by atoms with Crippen LogP contribution < -0.4 is 0 Å². The maximum atomic E-state index is 9.79. The van der Waals surface area contributed by atoms with E-state index in [9.17, 15) is 5.11 Å². The fraction of sp³-hybridized carbons (Fsp3) is 0.467. The Kier molecular flexibility index (Phi) is 4.45. The quantitative estimate of drug-likeness (QED) is 0.930. The molecule has 21 heavy (non-hydrogen) atoms. The van der Waals surface area contributed by atoms with Crippen molar-refractivity contribution in [1.29, 1.82) is 0 Å². The number of phenols is 1. The number of rotatable bonds is 3. The minimum Gasteiger partial charge on any atom is -0.508 e. The van der Waals surface area contributed by atoms with Crippen LogP contribution in [0.4, 0.5) is 0 Å². The molecule has 4 nitrogen and oxygen atoms in total. The van der Waals surface area contributed by atoms with Gasteiger partial charge < -0.3 is 9.63 Å². The van der Waals surface area contributed by atoms with Crippen molar-refractivity contribution in [3.63, 3.8) is 0 Å². The van der Waals surface area contributed by atoms with Crippen molar-refractivity contribution in [2.45, 2.75) is 36.0 Å². The van der Waals surface area contributed by atoms with E-state index in [4.69, 9.17) is 4.52 Å².